The minimum Gasteiger partial charge on any atom is -0.496 e. The van der Waals surface area contributed by atoms with Gasteiger partial charge >= 0.3 is 5.97 Å². The van der Waals surface area contributed by atoms with Gasteiger partial charge in [-0.05, 0) is 46.4 Å². The van der Waals surface area contributed by atoms with Crippen LogP contribution in [0.1, 0.15) is 31.8 Å². The summed E-state index contributed by atoms with van der Waals surface area (Å²) >= 11 is 2.17. The number of nitrogens with one attached hydrogen (secondary N) is 1. The van der Waals surface area contributed by atoms with Crippen LogP contribution in [0.3, 0.4) is 0 Å². The van der Waals surface area contributed by atoms with Gasteiger partial charge in [-0.1, -0.05) is 18.2 Å². The van der Waals surface area contributed by atoms with Gasteiger partial charge in [0.2, 0.25) is 0 Å². The van der Waals surface area contributed by atoms with Crippen LogP contribution in [0, 0.1) is 3.57 Å². The van der Waals surface area contributed by atoms with Crippen molar-refractivity contribution in [2.75, 3.05) is 7.11 Å². The quantitative estimate of drug-likeness (QED) is 0.429. The maximum Gasteiger partial charge on any atom is 0.310 e. The summed E-state index contributed by atoms with van der Waals surface area (Å²) in [5.41, 5.74) is 1.76. The van der Waals surface area contributed by atoms with Crippen molar-refractivity contribution >= 4 is 40.4 Å². The van der Waals surface area contributed by atoms with Crippen LogP contribution in [-0.2, 0) is 22.6 Å². The first kappa shape index (κ1) is 17.4. The summed E-state index contributed by atoms with van der Waals surface area (Å²) in [5.74, 6) is -0.770. The number of esters is 1. The molecule has 1 aliphatic rings. The SMILES string of the molecule is COc1cc(I)ccc1COC(=O)Cc1cccc2c1C(=O)NC2=O. The smallest absolute Gasteiger partial charge is 0.310 e. The van der Waals surface area contributed by atoms with E-state index < -0.39 is 17.8 Å². The third-order valence-electron chi connectivity index (χ3n) is 3.82. The highest BCUT2D eigenvalue weighted by atomic mass is 127. The van der Waals surface area contributed by atoms with E-state index >= 15 is 0 Å². The van der Waals surface area contributed by atoms with E-state index in [0.29, 0.717) is 11.3 Å². The molecule has 0 unspecified atom stereocenters. The summed E-state index contributed by atoms with van der Waals surface area (Å²) in [6, 6.07) is 10.4. The molecule has 2 aromatic rings. The molecular weight excluding hydrogens is 437 g/mol. The predicted molar refractivity (Wildman–Crippen MR) is 97.4 cm³/mol. The Hall–Kier alpha value is -2.42. The molecule has 128 valence electrons. The number of imide groups is 1. The molecular formula is C18H14INO5. The zero-order valence-corrected chi connectivity index (χ0v) is 15.5. The second-order valence-electron chi connectivity index (χ2n) is 5.42. The molecule has 0 saturated heterocycles. The number of rotatable bonds is 5. The van der Waals surface area contributed by atoms with Crippen LogP contribution in [-0.4, -0.2) is 24.9 Å². The molecule has 3 rings (SSSR count). The number of carbonyl (C=O) groups is 3. The number of hydrogen-bond donors (Lipinski definition) is 1. The number of amides is 2. The van der Waals surface area contributed by atoms with Crippen molar-refractivity contribution in [3.63, 3.8) is 0 Å². The molecule has 0 atom stereocenters. The second-order valence-corrected chi connectivity index (χ2v) is 6.66. The lowest BCUT2D eigenvalue weighted by Gasteiger charge is -2.10. The van der Waals surface area contributed by atoms with Crippen LogP contribution in [0.25, 0.3) is 0 Å². The first-order valence-electron chi connectivity index (χ1n) is 7.45. The molecule has 7 heteroatoms. The standard InChI is InChI=1S/C18H14INO5/c1-24-14-8-12(19)6-5-11(14)9-25-15(21)7-10-3-2-4-13-16(10)18(23)20-17(13)22/h2-6,8H,7,9H2,1H3,(H,20,22,23). The highest BCUT2D eigenvalue weighted by Crippen LogP contribution is 2.23. The van der Waals surface area contributed by atoms with Gasteiger partial charge in [0.15, 0.2) is 0 Å². The van der Waals surface area contributed by atoms with Crippen molar-refractivity contribution < 1.29 is 23.9 Å². The molecule has 0 aromatic heterocycles. The van der Waals surface area contributed by atoms with Gasteiger partial charge in [0, 0.05) is 9.13 Å². The van der Waals surface area contributed by atoms with Gasteiger partial charge in [-0.2, -0.15) is 0 Å². The van der Waals surface area contributed by atoms with E-state index in [9.17, 15) is 14.4 Å². The fraction of sp³-hybridized carbons (Fsp3) is 0.167. The van der Waals surface area contributed by atoms with Crippen molar-refractivity contribution in [2.45, 2.75) is 13.0 Å². The van der Waals surface area contributed by atoms with Gasteiger partial charge in [-0.15, -0.1) is 0 Å². The monoisotopic (exact) mass is 451 g/mol. The van der Waals surface area contributed by atoms with E-state index in [2.05, 4.69) is 27.9 Å². The third kappa shape index (κ3) is 3.65. The van der Waals surface area contributed by atoms with Crippen molar-refractivity contribution in [3.8, 4) is 5.75 Å². The van der Waals surface area contributed by atoms with Gasteiger partial charge < -0.3 is 9.47 Å². The maximum atomic E-state index is 12.2. The van der Waals surface area contributed by atoms with E-state index in [0.717, 1.165) is 9.13 Å². The first-order chi connectivity index (χ1) is 12.0. The summed E-state index contributed by atoms with van der Waals surface area (Å²) in [6.45, 7) is 0.0685. The maximum absolute atomic E-state index is 12.2. The Bertz CT molecular complexity index is 878. The van der Waals surface area contributed by atoms with Crippen LogP contribution in [0.15, 0.2) is 36.4 Å². The van der Waals surface area contributed by atoms with Gasteiger partial charge in [0.1, 0.15) is 12.4 Å². The average molecular weight is 451 g/mol. The summed E-state index contributed by atoms with van der Waals surface area (Å²) in [4.78, 5) is 35.7. The molecule has 0 fully saturated rings. The Labute approximate surface area is 157 Å². The topological polar surface area (TPSA) is 81.7 Å². The van der Waals surface area contributed by atoms with E-state index in [1.54, 1.807) is 25.3 Å². The minimum absolute atomic E-state index is 0.0685. The lowest BCUT2D eigenvalue weighted by atomic mass is 10.0. The van der Waals surface area contributed by atoms with Gasteiger partial charge in [0.05, 0.1) is 24.7 Å². The van der Waals surface area contributed by atoms with Crippen LogP contribution in [0.4, 0.5) is 0 Å². The number of halogens is 1. The summed E-state index contributed by atoms with van der Waals surface area (Å²) in [6.07, 6.45) is -0.0867. The number of fused-ring (bicyclic) bond motifs is 1. The van der Waals surface area contributed by atoms with Crippen LogP contribution < -0.4 is 10.1 Å². The van der Waals surface area contributed by atoms with Crippen molar-refractivity contribution in [1.82, 2.24) is 5.32 Å². The van der Waals surface area contributed by atoms with E-state index in [1.807, 2.05) is 18.2 Å². The molecule has 1 aliphatic heterocycles. The molecule has 6 nitrogen and oxygen atoms in total. The summed E-state index contributed by atoms with van der Waals surface area (Å²) in [7, 11) is 1.56. The number of ether oxygens (including phenoxy) is 2. The molecule has 0 radical (unpaired) electrons. The van der Waals surface area contributed by atoms with Crippen LogP contribution >= 0.6 is 22.6 Å². The Morgan fingerprint density at radius 1 is 1.12 bits per heavy atom. The lowest BCUT2D eigenvalue weighted by molar-refractivity contribution is -0.144. The number of benzene rings is 2. The van der Waals surface area contributed by atoms with E-state index in [-0.39, 0.29) is 24.2 Å². The average Bonchev–Trinajstić information content (AvgIpc) is 2.89. The lowest BCUT2D eigenvalue weighted by Crippen LogP contribution is -2.20. The predicted octanol–water partition coefficient (Wildman–Crippen LogP) is 2.47. The fourth-order valence-corrected chi connectivity index (χ4v) is 3.10. The number of methoxy groups -OCH3 is 1. The molecule has 0 bridgehead atoms. The largest absolute Gasteiger partial charge is 0.496 e. The van der Waals surface area contributed by atoms with Gasteiger partial charge in [0.25, 0.3) is 11.8 Å². The molecule has 1 N–H and O–H groups in total. The molecule has 2 amide bonds. The minimum atomic E-state index is -0.485. The van der Waals surface area contributed by atoms with Crippen molar-refractivity contribution in [1.29, 1.82) is 0 Å². The van der Waals surface area contributed by atoms with E-state index in [1.165, 1.54) is 0 Å². The van der Waals surface area contributed by atoms with Gasteiger partial charge in [-0.3, -0.25) is 19.7 Å². The molecule has 0 aliphatic carbocycles. The molecule has 0 spiro atoms. The number of hydrogen-bond acceptors (Lipinski definition) is 5. The van der Waals surface area contributed by atoms with Crippen LogP contribution in [0.2, 0.25) is 0 Å². The number of carbonyl (C=O) groups excluding carboxylic acids is 3. The van der Waals surface area contributed by atoms with Crippen molar-refractivity contribution in [2.24, 2.45) is 0 Å². The van der Waals surface area contributed by atoms with Crippen molar-refractivity contribution in [3.05, 3.63) is 62.2 Å². The Kier molecular flexibility index (Phi) is 5.03. The zero-order chi connectivity index (χ0) is 18.0. The highest BCUT2D eigenvalue weighted by Gasteiger charge is 2.29. The van der Waals surface area contributed by atoms with Gasteiger partial charge in [-0.25, -0.2) is 0 Å². The summed E-state index contributed by atoms with van der Waals surface area (Å²) < 4.78 is 11.6. The van der Waals surface area contributed by atoms with Crippen LogP contribution in [0.5, 0.6) is 5.75 Å². The second kappa shape index (κ2) is 7.22. The highest BCUT2D eigenvalue weighted by molar-refractivity contribution is 14.1. The Morgan fingerprint density at radius 3 is 2.68 bits per heavy atom. The normalized spacial score (nSPS) is 12.6. The Morgan fingerprint density at radius 2 is 1.92 bits per heavy atom. The molecule has 25 heavy (non-hydrogen) atoms. The zero-order valence-electron chi connectivity index (χ0n) is 13.3. The first-order valence-corrected chi connectivity index (χ1v) is 8.53. The summed E-state index contributed by atoms with van der Waals surface area (Å²) in [5, 5.41) is 2.23. The molecule has 2 aromatic carbocycles. The Balaban J connectivity index is 1.71. The molecule has 1 heterocycles. The fourth-order valence-electron chi connectivity index (χ4n) is 2.64. The van der Waals surface area contributed by atoms with E-state index in [4.69, 9.17) is 9.47 Å². The third-order valence-corrected chi connectivity index (χ3v) is 4.49. The molecule has 0 saturated carbocycles.